The van der Waals surface area contributed by atoms with Crippen molar-refractivity contribution < 1.29 is 9.31 Å². The molecule has 5 heteroatoms. The van der Waals surface area contributed by atoms with Crippen molar-refractivity contribution in [3.63, 3.8) is 0 Å². The summed E-state index contributed by atoms with van der Waals surface area (Å²) in [5.41, 5.74) is 0.629. The summed E-state index contributed by atoms with van der Waals surface area (Å²) in [5.74, 6) is 0. The van der Waals surface area contributed by atoms with Crippen LogP contribution in [0.15, 0.2) is 54.6 Å². The molecule has 0 N–H and O–H groups in total. The van der Waals surface area contributed by atoms with Crippen LogP contribution in [0.3, 0.4) is 0 Å². The molecule has 2 radical (unpaired) electrons. The minimum atomic E-state index is -2.08. The molecule has 1 heterocycles. The maximum absolute atomic E-state index is 7.19. The van der Waals surface area contributed by atoms with Crippen LogP contribution < -0.4 is 16.1 Å². The summed E-state index contributed by atoms with van der Waals surface area (Å²) in [6, 6.07) is 18.8. The van der Waals surface area contributed by atoms with E-state index in [2.05, 4.69) is 84.0 Å². The fourth-order valence-corrected chi connectivity index (χ4v) is 6.42. The Hall–Kier alpha value is -1.08. The highest BCUT2D eigenvalue weighted by Gasteiger charge is 2.54. The second kappa shape index (κ2) is 6.82. The quantitative estimate of drug-likeness (QED) is 0.611. The first kappa shape index (κ1) is 19.7. The summed E-state index contributed by atoms with van der Waals surface area (Å²) in [6.45, 7) is 12.8. The van der Waals surface area contributed by atoms with E-state index in [1.807, 2.05) is 12.1 Å². The van der Waals surface area contributed by atoms with Crippen LogP contribution in [-0.2, 0) is 9.31 Å². The predicted octanol–water partition coefficient (Wildman–Crippen LogP) is 3.45. The highest BCUT2D eigenvalue weighted by molar-refractivity contribution is 8.09. The van der Waals surface area contributed by atoms with Crippen molar-refractivity contribution in [3.05, 3.63) is 54.6 Å². The Morgan fingerprint density at radius 3 is 1.88 bits per heavy atom. The molecule has 1 unspecified atom stereocenters. The summed E-state index contributed by atoms with van der Waals surface area (Å²) >= 11 is 0. The zero-order valence-corrected chi connectivity index (χ0v) is 17.6. The van der Waals surface area contributed by atoms with Crippen molar-refractivity contribution in [2.45, 2.75) is 58.4 Å². The molecule has 1 fully saturated rings. The van der Waals surface area contributed by atoms with E-state index in [4.69, 9.17) is 16.9 Å². The Morgan fingerprint density at radius 1 is 0.846 bits per heavy atom. The third kappa shape index (κ3) is 3.17. The fourth-order valence-electron chi connectivity index (χ4n) is 3.38. The molecule has 0 spiro atoms. The van der Waals surface area contributed by atoms with Crippen LogP contribution in [-0.4, -0.2) is 31.5 Å². The molecule has 2 aromatic carbocycles. The lowest BCUT2D eigenvalue weighted by Gasteiger charge is -2.32. The van der Waals surface area contributed by atoms with E-state index in [0.717, 1.165) is 5.46 Å². The van der Waals surface area contributed by atoms with Crippen LogP contribution in [0.25, 0.3) is 0 Å². The molecule has 0 amide bonds. The molecule has 134 valence electrons. The maximum atomic E-state index is 7.19. The molecule has 1 aliphatic rings. The molecule has 1 aliphatic heterocycles. The van der Waals surface area contributed by atoms with Crippen LogP contribution >= 0.6 is 7.14 Å². The van der Waals surface area contributed by atoms with E-state index in [0.29, 0.717) is 5.66 Å². The average molecular weight is 365 g/mol. The van der Waals surface area contributed by atoms with Gasteiger partial charge in [0.05, 0.1) is 27.5 Å². The van der Waals surface area contributed by atoms with Gasteiger partial charge >= 0.3 is 14.7 Å². The molecule has 0 aliphatic carbocycles. The van der Waals surface area contributed by atoms with Gasteiger partial charge in [0.2, 0.25) is 0 Å². The summed E-state index contributed by atoms with van der Waals surface area (Å²) in [7, 11) is 4.71. The minimum absolute atomic E-state index is 0.313. The fraction of sp³-hybridized carbons (Fsp3) is 0.429. The first-order valence-corrected chi connectivity index (χ1v) is 11.2. The van der Waals surface area contributed by atoms with Crippen LogP contribution in [0.2, 0.25) is 0 Å². The van der Waals surface area contributed by atoms with Crippen LogP contribution in [0.5, 0.6) is 0 Å². The van der Waals surface area contributed by atoms with Crippen molar-refractivity contribution in [1.82, 2.24) is 0 Å². The van der Waals surface area contributed by atoms with Gasteiger partial charge < -0.3 is 9.31 Å². The molecule has 0 aromatic heterocycles. The lowest BCUT2D eigenvalue weighted by atomic mass is 9.79. The molecule has 26 heavy (non-hydrogen) atoms. The molecule has 2 aromatic rings. The lowest BCUT2D eigenvalue weighted by Crippen LogP contribution is -2.47. The van der Waals surface area contributed by atoms with Gasteiger partial charge in [-0.3, -0.25) is 0 Å². The number of rotatable bonds is 4. The number of benzene rings is 2. The van der Waals surface area contributed by atoms with E-state index in [1.165, 1.54) is 10.6 Å². The van der Waals surface area contributed by atoms with Crippen molar-refractivity contribution in [2.24, 2.45) is 0 Å². The minimum Gasteiger partial charge on any atom is -0.399 e. The molecule has 1 saturated heterocycles. The summed E-state index contributed by atoms with van der Waals surface area (Å²) in [6.07, 6.45) is 0. The molecule has 1 atom stereocenters. The van der Waals surface area contributed by atoms with Crippen molar-refractivity contribution in [2.75, 3.05) is 0 Å². The van der Waals surface area contributed by atoms with Crippen molar-refractivity contribution >= 4 is 37.9 Å². The number of hydrogen-bond acceptors (Lipinski definition) is 2. The summed E-state index contributed by atoms with van der Waals surface area (Å²) in [4.78, 5) is 0. The lowest BCUT2D eigenvalue weighted by molar-refractivity contribution is 0.00578. The Labute approximate surface area is 160 Å². The van der Waals surface area contributed by atoms with Gasteiger partial charge in [0, 0.05) is 12.6 Å². The van der Waals surface area contributed by atoms with Crippen LogP contribution in [0.1, 0.15) is 41.5 Å². The molecular formula is C21H28B2O2P+. The van der Waals surface area contributed by atoms with Gasteiger partial charge in [0.25, 0.3) is 0 Å². The van der Waals surface area contributed by atoms with E-state index < -0.39 is 14.3 Å². The Bertz CT molecular complexity index is 761. The van der Waals surface area contributed by atoms with Crippen molar-refractivity contribution in [1.29, 1.82) is 0 Å². The Morgan fingerprint density at radius 2 is 1.35 bits per heavy atom. The SMILES string of the molecule is [B][P+](c1ccccc1)(c1ccccc1B1OC(C)(C)C(C)(C)O1)C(C)C. The van der Waals surface area contributed by atoms with Crippen LogP contribution in [0, 0.1) is 0 Å². The van der Waals surface area contributed by atoms with Crippen molar-refractivity contribution in [3.8, 4) is 0 Å². The largest absolute Gasteiger partial charge is 0.498 e. The third-order valence-electron chi connectivity index (χ3n) is 5.84. The second-order valence-electron chi connectivity index (χ2n) is 8.35. The molecule has 2 nitrogen and oxygen atoms in total. The highest BCUT2D eigenvalue weighted by atomic mass is 31.2. The third-order valence-corrected chi connectivity index (χ3v) is 9.83. The van der Waals surface area contributed by atoms with E-state index in [-0.39, 0.29) is 11.2 Å². The summed E-state index contributed by atoms with van der Waals surface area (Å²) in [5, 5.41) is 2.37. The smallest absolute Gasteiger partial charge is 0.399 e. The Kier molecular flexibility index (Phi) is 5.16. The molecule has 0 saturated carbocycles. The molecular weight excluding hydrogens is 337 g/mol. The topological polar surface area (TPSA) is 18.5 Å². The summed E-state index contributed by atoms with van der Waals surface area (Å²) < 4.78 is 12.7. The standard InChI is InChI=1S/C21H28B2O2P/c1-16(2)26(22,17-12-8-7-9-13-17)19-15-11-10-14-18(19)23-24-20(3,4)21(5,6)25-23/h7-16H,1-6H3/q+1. The average Bonchev–Trinajstić information content (AvgIpc) is 2.82. The van der Waals surface area contributed by atoms with E-state index in [9.17, 15) is 0 Å². The first-order chi connectivity index (χ1) is 12.1. The van der Waals surface area contributed by atoms with Gasteiger partial charge in [-0.15, -0.1) is 0 Å². The van der Waals surface area contributed by atoms with Gasteiger partial charge in [-0.2, -0.15) is 0 Å². The zero-order valence-electron chi connectivity index (χ0n) is 16.7. The van der Waals surface area contributed by atoms with Crippen LogP contribution in [0.4, 0.5) is 0 Å². The first-order valence-electron chi connectivity index (χ1n) is 9.27. The number of hydrogen-bond donors (Lipinski definition) is 0. The maximum Gasteiger partial charge on any atom is 0.498 e. The monoisotopic (exact) mass is 365 g/mol. The molecule has 0 bridgehead atoms. The Balaban J connectivity index is 2.13. The van der Waals surface area contributed by atoms with Gasteiger partial charge in [-0.1, -0.05) is 36.4 Å². The van der Waals surface area contributed by atoms with Gasteiger partial charge in [0.1, 0.15) is 0 Å². The second-order valence-corrected chi connectivity index (χ2v) is 11.9. The van der Waals surface area contributed by atoms with Gasteiger partial charge in [-0.05, 0) is 59.7 Å². The van der Waals surface area contributed by atoms with E-state index >= 15 is 0 Å². The normalized spacial score (nSPS) is 21.0. The van der Waals surface area contributed by atoms with E-state index in [1.54, 1.807) is 0 Å². The zero-order chi connectivity index (χ0) is 19.2. The predicted molar refractivity (Wildman–Crippen MR) is 116 cm³/mol. The van der Waals surface area contributed by atoms with Gasteiger partial charge in [-0.25, -0.2) is 0 Å². The highest BCUT2D eigenvalue weighted by Crippen LogP contribution is 2.55. The molecule has 3 rings (SSSR count). The van der Waals surface area contributed by atoms with Gasteiger partial charge in [0.15, 0.2) is 0 Å².